The van der Waals surface area contributed by atoms with E-state index in [1.165, 1.54) is 11.8 Å². The molecule has 0 N–H and O–H groups in total. The first-order valence-electron chi connectivity index (χ1n) is 6.83. The van der Waals surface area contributed by atoms with Crippen LogP contribution in [0.3, 0.4) is 0 Å². The van der Waals surface area contributed by atoms with Gasteiger partial charge in [-0.2, -0.15) is 0 Å². The van der Waals surface area contributed by atoms with Gasteiger partial charge in [0.05, 0.1) is 19.5 Å². The second-order valence-electron chi connectivity index (χ2n) is 4.71. The summed E-state index contributed by atoms with van der Waals surface area (Å²) in [6.07, 6.45) is 1.56. The third-order valence-electron chi connectivity index (χ3n) is 3.45. The minimum Gasteiger partial charge on any atom is -0.493 e. The maximum Gasteiger partial charge on any atom is 0.241 e. The molecule has 0 unspecified atom stereocenters. The van der Waals surface area contributed by atoms with Gasteiger partial charge < -0.3 is 9.47 Å². The molecule has 1 saturated heterocycles. The molecular weight excluding hydrogens is 306 g/mol. The minimum absolute atomic E-state index is 0.0112. The largest absolute Gasteiger partial charge is 0.493 e. The normalized spacial score (nSPS) is 18.2. The van der Waals surface area contributed by atoms with Crippen LogP contribution in [0, 0.1) is 0 Å². The van der Waals surface area contributed by atoms with Gasteiger partial charge >= 0.3 is 0 Å². The van der Waals surface area contributed by atoms with Crippen molar-refractivity contribution >= 4 is 34.2 Å². The molecule has 1 aliphatic heterocycles. The summed E-state index contributed by atoms with van der Waals surface area (Å²) in [5.74, 6) is 1.54. The van der Waals surface area contributed by atoms with Crippen LogP contribution in [0.4, 0.5) is 0 Å². The number of benzene rings is 1. The average molecular weight is 325 g/mol. The maximum absolute atomic E-state index is 12.2. The van der Waals surface area contributed by atoms with Crippen LogP contribution >= 0.6 is 24.0 Å². The van der Waals surface area contributed by atoms with Gasteiger partial charge in [0, 0.05) is 6.54 Å². The van der Waals surface area contributed by atoms with Crippen molar-refractivity contribution in [3.05, 3.63) is 23.8 Å². The third kappa shape index (κ3) is 3.49. The molecule has 0 bridgehead atoms. The van der Waals surface area contributed by atoms with Crippen molar-refractivity contribution in [3.8, 4) is 11.5 Å². The molecule has 0 radical (unpaired) electrons. The molecular formula is C15H19NO3S2. The van der Waals surface area contributed by atoms with Crippen LogP contribution < -0.4 is 9.47 Å². The Morgan fingerprint density at radius 1 is 1.29 bits per heavy atom. The van der Waals surface area contributed by atoms with Gasteiger partial charge in [-0.3, -0.25) is 9.69 Å². The van der Waals surface area contributed by atoms with Crippen LogP contribution in [-0.4, -0.2) is 41.1 Å². The summed E-state index contributed by atoms with van der Waals surface area (Å²) in [5.41, 5.74) is 1.09. The van der Waals surface area contributed by atoms with Gasteiger partial charge in [-0.25, -0.2) is 0 Å². The first-order chi connectivity index (χ1) is 10.1. The molecule has 6 heteroatoms. The summed E-state index contributed by atoms with van der Waals surface area (Å²) in [7, 11) is 3.23. The van der Waals surface area contributed by atoms with Crippen LogP contribution in [0.15, 0.2) is 18.2 Å². The molecule has 0 spiro atoms. The quantitative estimate of drug-likeness (QED) is 0.752. The van der Waals surface area contributed by atoms with Gasteiger partial charge in [-0.15, -0.1) is 0 Å². The molecule has 1 aliphatic rings. The van der Waals surface area contributed by atoms with E-state index in [0.29, 0.717) is 22.4 Å². The number of ether oxygens (including phenoxy) is 2. The van der Waals surface area contributed by atoms with E-state index in [1.54, 1.807) is 19.1 Å². The molecule has 1 aromatic rings. The lowest BCUT2D eigenvalue weighted by atomic mass is 10.1. The zero-order valence-corrected chi connectivity index (χ0v) is 14.1. The summed E-state index contributed by atoms with van der Waals surface area (Å²) in [5, 5.41) is -0.0112. The van der Waals surface area contributed by atoms with E-state index >= 15 is 0 Å². The Morgan fingerprint density at radius 3 is 2.57 bits per heavy atom. The molecule has 0 saturated carbocycles. The Balaban J connectivity index is 2.03. The average Bonchev–Trinajstić information content (AvgIpc) is 2.78. The minimum atomic E-state index is -0.0112. The van der Waals surface area contributed by atoms with Crippen molar-refractivity contribution in [1.29, 1.82) is 0 Å². The number of methoxy groups -OCH3 is 2. The van der Waals surface area contributed by atoms with Crippen molar-refractivity contribution in [2.24, 2.45) is 0 Å². The Bertz CT molecular complexity index is 548. The molecule has 1 heterocycles. The summed E-state index contributed by atoms with van der Waals surface area (Å²) >= 11 is 6.78. The Labute approximate surface area is 134 Å². The van der Waals surface area contributed by atoms with Crippen LogP contribution in [0.1, 0.15) is 18.9 Å². The van der Waals surface area contributed by atoms with E-state index in [-0.39, 0.29) is 11.2 Å². The molecule has 0 aliphatic carbocycles. The molecule has 1 amide bonds. The van der Waals surface area contributed by atoms with E-state index in [4.69, 9.17) is 21.7 Å². The van der Waals surface area contributed by atoms with E-state index in [0.717, 1.165) is 18.4 Å². The van der Waals surface area contributed by atoms with Crippen LogP contribution in [-0.2, 0) is 11.2 Å². The number of hydrogen-bond acceptors (Lipinski definition) is 5. The Kier molecular flexibility index (Phi) is 5.47. The predicted octanol–water partition coefficient (Wildman–Crippen LogP) is 2.89. The third-order valence-corrected chi connectivity index (χ3v) is 5.20. The molecule has 1 atom stereocenters. The monoisotopic (exact) mass is 325 g/mol. The zero-order valence-electron chi connectivity index (χ0n) is 12.4. The van der Waals surface area contributed by atoms with Gasteiger partial charge in [0.1, 0.15) is 4.32 Å². The number of hydrogen-bond donors (Lipinski definition) is 0. The SMILES string of the molecule is CC[C@H]1SC(=S)N(CCc2ccc(OC)c(OC)c2)C1=O. The summed E-state index contributed by atoms with van der Waals surface area (Å²) in [4.78, 5) is 13.9. The highest BCUT2D eigenvalue weighted by Gasteiger charge is 2.35. The lowest BCUT2D eigenvalue weighted by Crippen LogP contribution is -2.33. The fourth-order valence-corrected chi connectivity index (χ4v) is 3.71. The molecule has 1 aromatic carbocycles. The number of thioether (sulfide) groups is 1. The summed E-state index contributed by atoms with van der Waals surface area (Å²) < 4.78 is 11.2. The summed E-state index contributed by atoms with van der Waals surface area (Å²) in [6, 6.07) is 5.80. The van der Waals surface area contributed by atoms with Crippen LogP contribution in [0.5, 0.6) is 11.5 Å². The lowest BCUT2D eigenvalue weighted by Gasteiger charge is -2.16. The number of nitrogens with zero attached hydrogens (tertiary/aromatic N) is 1. The van der Waals surface area contributed by atoms with Gasteiger partial charge in [0.25, 0.3) is 0 Å². The first kappa shape index (κ1) is 16.1. The van der Waals surface area contributed by atoms with Crippen molar-refractivity contribution in [3.63, 3.8) is 0 Å². The molecule has 114 valence electrons. The number of rotatable bonds is 6. The smallest absolute Gasteiger partial charge is 0.241 e. The number of thiocarbonyl (C=S) groups is 1. The van der Waals surface area contributed by atoms with Gasteiger partial charge in [0.2, 0.25) is 5.91 Å². The highest BCUT2D eigenvalue weighted by atomic mass is 32.2. The Morgan fingerprint density at radius 2 is 2.00 bits per heavy atom. The molecule has 21 heavy (non-hydrogen) atoms. The van der Waals surface area contributed by atoms with Crippen molar-refractivity contribution < 1.29 is 14.3 Å². The van der Waals surface area contributed by atoms with Crippen LogP contribution in [0.25, 0.3) is 0 Å². The zero-order chi connectivity index (χ0) is 15.4. The second kappa shape index (κ2) is 7.13. The van der Waals surface area contributed by atoms with E-state index in [2.05, 4.69) is 0 Å². The molecule has 4 nitrogen and oxygen atoms in total. The maximum atomic E-state index is 12.2. The predicted molar refractivity (Wildman–Crippen MR) is 89.2 cm³/mol. The molecule has 0 aromatic heterocycles. The van der Waals surface area contributed by atoms with Gasteiger partial charge in [-0.05, 0) is 30.5 Å². The topological polar surface area (TPSA) is 38.8 Å². The Hall–Kier alpha value is -1.27. The van der Waals surface area contributed by atoms with Gasteiger partial charge in [-0.1, -0.05) is 37.0 Å². The standard InChI is InChI=1S/C15H19NO3S2/c1-4-13-14(17)16(15(20)21-13)8-7-10-5-6-11(18-2)12(9-10)19-3/h5-6,9,13H,4,7-8H2,1-3H3/t13-/m1/s1. The molecule has 2 rings (SSSR count). The summed E-state index contributed by atoms with van der Waals surface area (Å²) in [6.45, 7) is 2.62. The number of amides is 1. The van der Waals surface area contributed by atoms with Gasteiger partial charge in [0.15, 0.2) is 11.5 Å². The van der Waals surface area contributed by atoms with Crippen molar-refractivity contribution in [2.75, 3.05) is 20.8 Å². The number of carbonyl (C=O) groups is 1. The van der Waals surface area contributed by atoms with Crippen molar-refractivity contribution in [1.82, 2.24) is 4.90 Å². The van der Waals surface area contributed by atoms with Crippen molar-refractivity contribution in [2.45, 2.75) is 25.0 Å². The van der Waals surface area contributed by atoms with E-state index in [9.17, 15) is 4.79 Å². The molecule has 1 fully saturated rings. The lowest BCUT2D eigenvalue weighted by molar-refractivity contribution is -0.126. The van der Waals surface area contributed by atoms with E-state index < -0.39 is 0 Å². The van der Waals surface area contributed by atoms with E-state index in [1.807, 2.05) is 25.1 Å². The fraction of sp³-hybridized carbons (Fsp3) is 0.467. The van der Waals surface area contributed by atoms with Crippen LogP contribution in [0.2, 0.25) is 0 Å². The fourth-order valence-electron chi connectivity index (χ4n) is 2.24. The number of carbonyl (C=O) groups excluding carboxylic acids is 1. The highest BCUT2D eigenvalue weighted by molar-refractivity contribution is 8.24. The first-order valence-corrected chi connectivity index (χ1v) is 8.12. The highest BCUT2D eigenvalue weighted by Crippen LogP contribution is 2.30. The second-order valence-corrected chi connectivity index (χ2v) is 6.55.